The second-order valence-electron chi connectivity index (χ2n) is 7.08. The highest BCUT2D eigenvalue weighted by molar-refractivity contribution is 7.89. The van der Waals surface area contributed by atoms with Gasteiger partial charge in [0.1, 0.15) is 11.9 Å². The van der Waals surface area contributed by atoms with Crippen LogP contribution in [0.2, 0.25) is 0 Å². The molecule has 2 aromatic carbocycles. The number of hydrogen-bond acceptors (Lipinski definition) is 4. The highest BCUT2D eigenvalue weighted by Crippen LogP contribution is 2.14. The normalized spacial score (nSPS) is 16.6. The van der Waals surface area contributed by atoms with E-state index in [-0.39, 0.29) is 17.2 Å². The first-order chi connectivity index (χ1) is 13.9. The van der Waals surface area contributed by atoms with Crippen molar-refractivity contribution in [1.82, 2.24) is 14.5 Å². The Morgan fingerprint density at radius 2 is 1.66 bits per heavy atom. The van der Waals surface area contributed by atoms with E-state index >= 15 is 0 Å². The third-order valence-electron chi connectivity index (χ3n) is 5.13. The molecule has 8 heteroatoms. The van der Waals surface area contributed by atoms with Gasteiger partial charge in [0, 0.05) is 26.2 Å². The van der Waals surface area contributed by atoms with E-state index in [9.17, 15) is 17.6 Å². The third kappa shape index (κ3) is 5.62. The molecule has 29 heavy (non-hydrogen) atoms. The molecule has 1 amide bonds. The van der Waals surface area contributed by atoms with E-state index in [2.05, 4.69) is 16.5 Å². The Hall–Kier alpha value is -2.29. The summed E-state index contributed by atoms with van der Waals surface area (Å²) in [5.74, 6) is -0.759. The number of carbonyl (C=O) groups excluding carboxylic acids is 1. The zero-order valence-corrected chi connectivity index (χ0v) is 17.2. The van der Waals surface area contributed by atoms with Gasteiger partial charge in [-0.3, -0.25) is 4.79 Å². The maximum Gasteiger partial charge on any atom is 0.241 e. The van der Waals surface area contributed by atoms with Crippen molar-refractivity contribution in [1.29, 1.82) is 0 Å². The topological polar surface area (TPSA) is 69.7 Å². The summed E-state index contributed by atoms with van der Waals surface area (Å²) >= 11 is 0. The lowest BCUT2D eigenvalue weighted by Crippen LogP contribution is -2.55. The van der Waals surface area contributed by atoms with Gasteiger partial charge in [-0.05, 0) is 42.8 Å². The number of carbonyl (C=O) groups is 1. The molecule has 1 N–H and O–H groups in total. The van der Waals surface area contributed by atoms with Crippen LogP contribution in [0.5, 0.6) is 0 Å². The lowest BCUT2D eigenvalue weighted by atomic mass is 10.1. The van der Waals surface area contributed by atoms with Crippen LogP contribution in [0.1, 0.15) is 12.5 Å². The van der Waals surface area contributed by atoms with Crippen LogP contribution >= 0.6 is 0 Å². The summed E-state index contributed by atoms with van der Waals surface area (Å²) in [7, 11) is -3.97. The van der Waals surface area contributed by atoms with E-state index in [1.807, 2.05) is 30.3 Å². The van der Waals surface area contributed by atoms with Crippen LogP contribution < -0.4 is 4.72 Å². The first kappa shape index (κ1) is 21.4. The zero-order chi connectivity index (χ0) is 20.9. The Bertz CT molecular complexity index is 912. The molecule has 0 aliphatic carbocycles. The molecule has 156 valence electrons. The molecule has 1 heterocycles. The molecule has 0 aromatic heterocycles. The van der Waals surface area contributed by atoms with Crippen LogP contribution in [0.25, 0.3) is 0 Å². The second kappa shape index (κ2) is 9.47. The summed E-state index contributed by atoms with van der Waals surface area (Å²) in [6.45, 7) is 5.67. The summed E-state index contributed by atoms with van der Waals surface area (Å²) < 4.78 is 41.4. The van der Waals surface area contributed by atoms with Crippen molar-refractivity contribution in [2.24, 2.45) is 0 Å². The van der Waals surface area contributed by atoms with Crippen LogP contribution in [-0.4, -0.2) is 62.9 Å². The van der Waals surface area contributed by atoms with Crippen molar-refractivity contribution in [2.45, 2.75) is 24.3 Å². The zero-order valence-electron chi connectivity index (χ0n) is 16.4. The van der Waals surface area contributed by atoms with Crippen molar-refractivity contribution in [3.05, 3.63) is 66.0 Å². The molecule has 2 aromatic rings. The van der Waals surface area contributed by atoms with Crippen molar-refractivity contribution in [3.8, 4) is 0 Å². The molecule has 3 rings (SSSR count). The molecule has 1 atom stereocenters. The summed E-state index contributed by atoms with van der Waals surface area (Å²) in [4.78, 5) is 17.1. The highest BCUT2D eigenvalue weighted by atomic mass is 32.2. The highest BCUT2D eigenvalue weighted by Gasteiger charge is 2.31. The first-order valence-electron chi connectivity index (χ1n) is 9.72. The van der Waals surface area contributed by atoms with Crippen molar-refractivity contribution < 1.29 is 17.6 Å². The van der Waals surface area contributed by atoms with Gasteiger partial charge < -0.3 is 9.80 Å². The molecule has 1 saturated heterocycles. The van der Waals surface area contributed by atoms with Gasteiger partial charge in [0.05, 0.1) is 4.90 Å². The number of piperazine rings is 1. The molecule has 6 nitrogen and oxygen atoms in total. The van der Waals surface area contributed by atoms with Gasteiger partial charge in [-0.25, -0.2) is 12.8 Å². The monoisotopic (exact) mass is 419 g/mol. The van der Waals surface area contributed by atoms with Crippen LogP contribution in [0.4, 0.5) is 4.39 Å². The number of amides is 1. The van der Waals surface area contributed by atoms with Crippen LogP contribution in [-0.2, 0) is 21.2 Å². The number of hydrogen-bond donors (Lipinski definition) is 1. The van der Waals surface area contributed by atoms with Crippen LogP contribution in [0, 0.1) is 5.82 Å². The molecular formula is C21H26FN3O3S. The van der Waals surface area contributed by atoms with Gasteiger partial charge >= 0.3 is 0 Å². The van der Waals surface area contributed by atoms with Gasteiger partial charge in [-0.1, -0.05) is 37.3 Å². The minimum Gasteiger partial charge on any atom is -0.339 e. The number of halogens is 1. The van der Waals surface area contributed by atoms with Gasteiger partial charge in [-0.15, -0.1) is 0 Å². The predicted molar refractivity (Wildman–Crippen MR) is 109 cm³/mol. The molecule has 0 spiro atoms. The number of nitrogens with zero attached hydrogens (tertiary/aromatic N) is 2. The molecule has 0 unspecified atom stereocenters. The third-order valence-corrected chi connectivity index (χ3v) is 6.62. The molecule has 0 radical (unpaired) electrons. The number of sulfonamides is 1. The maximum absolute atomic E-state index is 13.2. The Labute approximate surface area is 171 Å². The van der Waals surface area contributed by atoms with E-state index in [1.165, 1.54) is 12.1 Å². The van der Waals surface area contributed by atoms with Crippen LogP contribution in [0.15, 0.2) is 59.5 Å². The first-order valence-corrected chi connectivity index (χ1v) is 11.2. The number of nitrogens with one attached hydrogen (secondary N) is 1. The van der Waals surface area contributed by atoms with Crippen molar-refractivity contribution >= 4 is 15.9 Å². The number of benzene rings is 2. The van der Waals surface area contributed by atoms with Gasteiger partial charge in [-0.2, -0.15) is 4.72 Å². The fourth-order valence-corrected chi connectivity index (χ4v) is 4.59. The van der Waals surface area contributed by atoms with E-state index < -0.39 is 21.9 Å². The van der Waals surface area contributed by atoms with Gasteiger partial charge in [0.2, 0.25) is 15.9 Å². The smallest absolute Gasteiger partial charge is 0.241 e. The lowest BCUT2D eigenvalue weighted by Gasteiger charge is -2.36. The molecule has 1 fully saturated rings. The largest absolute Gasteiger partial charge is 0.339 e. The summed E-state index contributed by atoms with van der Waals surface area (Å²) in [5, 5.41) is 0. The lowest BCUT2D eigenvalue weighted by molar-refractivity contribution is -0.134. The average Bonchev–Trinajstić information content (AvgIpc) is 2.74. The molecular weight excluding hydrogens is 393 g/mol. The number of likely N-dealkylation sites (N-methyl/N-ethyl adjacent to an activating group) is 1. The Morgan fingerprint density at radius 1 is 1.03 bits per heavy atom. The van der Waals surface area contributed by atoms with Gasteiger partial charge in [0.15, 0.2) is 0 Å². The Kier molecular flexibility index (Phi) is 7.00. The summed E-state index contributed by atoms with van der Waals surface area (Å²) in [5.41, 5.74) is 0.861. The van der Waals surface area contributed by atoms with E-state index in [0.717, 1.165) is 37.3 Å². The van der Waals surface area contributed by atoms with E-state index in [0.29, 0.717) is 13.1 Å². The SMILES string of the molecule is CCN1CCN(C(=O)[C@H](Cc2ccccc2)NS(=O)(=O)c2ccc(F)cc2)CC1. The molecule has 1 aliphatic rings. The predicted octanol–water partition coefficient (Wildman–Crippen LogP) is 1.88. The summed E-state index contributed by atoms with van der Waals surface area (Å²) in [6.07, 6.45) is 0.244. The fraction of sp³-hybridized carbons (Fsp3) is 0.381. The van der Waals surface area contributed by atoms with Gasteiger partial charge in [0.25, 0.3) is 0 Å². The molecule has 0 saturated carbocycles. The minimum absolute atomic E-state index is 0.0689. The standard InChI is InChI=1S/C21H26FN3O3S/c1-2-24-12-14-25(15-13-24)21(26)20(16-17-6-4-3-5-7-17)23-29(27,28)19-10-8-18(22)9-11-19/h3-11,20,23H,2,12-16H2,1H3/t20-/m0/s1. The fourth-order valence-electron chi connectivity index (χ4n) is 3.40. The second-order valence-corrected chi connectivity index (χ2v) is 8.79. The maximum atomic E-state index is 13.2. The van der Waals surface area contributed by atoms with Crippen molar-refractivity contribution in [3.63, 3.8) is 0 Å². The van der Waals surface area contributed by atoms with E-state index in [1.54, 1.807) is 4.90 Å². The minimum atomic E-state index is -3.97. The van der Waals surface area contributed by atoms with E-state index in [4.69, 9.17) is 0 Å². The van der Waals surface area contributed by atoms with Crippen LogP contribution in [0.3, 0.4) is 0 Å². The quantitative estimate of drug-likeness (QED) is 0.744. The average molecular weight is 420 g/mol. The molecule has 0 bridgehead atoms. The number of rotatable bonds is 7. The Morgan fingerprint density at radius 3 is 2.24 bits per heavy atom. The summed E-state index contributed by atoms with van der Waals surface area (Å²) in [6, 6.07) is 12.9. The van der Waals surface area contributed by atoms with Crippen molar-refractivity contribution in [2.75, 3.05) is 32.7 Å². The molecule has 1 aliphatic heterocycles. The Balaban J connectivity index is 1.81.